The Morgan fingerprint density at radius 1 is 1.06 bits per heavy atom. The van der Waals surface area contributed by atoms with Crippen LogP contribution in [0.15, 0.2) is 59.9 Å². The van der Waals surface area contributed by atoms with Gasteiger partial charge in [-0.1, -0.05) is 6.07 Å². The molecule has 0 aliphatic rings. The summed E-state index contributed by atoms with van der Waals surface area (Å²) < 4.78 is 24.0. The number of benzene rings is 1. The molecule has 0 bridgehead atoms. The van der Waals surface area contributed by atoms with Gasteiger partial charge >= 0.3 is 0 Å². The lowest BCUT2D eigenvalue weighted by Gasteiger charge is -2.16. The van der Waals surface area contributed by atoms with Crippen molar-refractivity contribution in [1.29, 1.82) is 0 Å². The second-order valence-electron chi connectivity index (χ2n) is 6.77. The molecule has 9 heteroatoms. The number of nitrogens with one attached hydrogen (secondary N) is 1. The highest BCUT2D eigenvalue weighted by atomic mass is 32.2. The van der Waals surface area contributed by atoms with Crippen molar-refractivity contribution in [3.05, 3.63) is 66.0 Å². The van der Waals surface area contributed by atoms with Gasteiger partial charge in [0.2, 0.25) is 0 Å². The number of anilines is 2. The normalized spacial score (nSPS) is 11.5. The van der Waals surface area contributed by atoms with Crippen LogP contribution in [-0.2, 0) is 16.6 Å². The minimum Gasteiger partial charge on any atom is -0.497 e. The average molecular weight is 441 g/mol. The second-order valence-corrected chi connectivity index (χ2v) is 8.14. The predicted molar refractivity (Wildman–Crippen MR) is 120 cm³/mol. The van der Waals surface area contributed by atoms with Gasteiger partial charge in [0, 0.05) is 43.8 Å². The minimum absolute atomic E-state index is 0.132. The smallest absolute Gasteiger partial charge is 0.258 e. The summed E-state index contributed by atoms with van der Waals surface area (Å²) in [5, 5.41) is 3.00. The van der Waals surface area contributed by atoms with Crippen molar-refractivity contribution in [1.82, 2.24) is 9.97 Å². The van der Waals surface area contributed by atoms with Crippen LogP contribution >= 0.6 is 0 Å². The van der Waals surface area contributed by atoms with Gasteiger partial charge in [0.05, 0.1) is 36.3 Å². The van der Waals surface area contributed by atoms with Crippen molar-refractivity contribution in [2.75, 3.05) is 38.5 Å². The van der Waals surface area contributed by atoms with Crippen LogP contribution in [0.4, 0.5) is 11.5 Å². The number of methoxy groups -OCH3 is 2. The molecule has 2 heterocycles. The molecule has 1 atom stereocenters. The molecule has 0 aliphatic carbocycles. The third kappa shape index (κ3) is 5.37. The number of rotatable bonds is 8. The summed E-state index contributed by atoms with van der Waals surface area (Å²) in [6.07, 6.45) is 3.16. The predicted octanol–water partition coefficient (Wildman–Crippen LogP) is 3.12. The zero-order chi connectivity index (χ0) is 22.4. The Labute approximate surface area is 183 Å². The van der Waals surface area contributed by atoms with Gasteiger partial charge in [0.25, 0.3) is 5.91 Å². The summed E-state index contributed by atoms with van der Waals surface area (Å²) in [6.45, 7) is 0. The average Bonchev–Trinajstić information content (AvgIpc) is 2.79. The van der Waals surface area contributed by atoms with Crippen LogP contribution in [0.25, 0.3) is 0 Å². The molecule has 0 aliphatic heterocycles. The van der Waals surface area contributed by atoms with E-state index in [-0.39, 0.29) is 16.3 Å². The Bertz CT molecular complexity index is 1090. The van der Waals surface area contributed by atoms with E-state index in [4.69, 9.17) is 9.47 Å². The first-order valence-corrected chi connectivity index (χ1v) is 10.7. The molecule has 0 spiro atoms. The summed E-state index contributed by atoms with van der Waals surface area (Å²) >= 11 is 0. The van der Waals surface area contributed by atoms with Crippen LogP contribution in [0.1, 0.15) is 15.9 Å². The highest BCUT2D eigenvalue weighted by Gasteiger charge is 2.21. The lowest BCUT2D eigenvalue weighted by molar-refractivity contribution is 0.102. The molecule has 3 aromatic rings. The topological polar surface area (TPSA) is 93.7 Å². The number of nitrogens with zero attached hydrogens (tertiary/aromatic N) is 3. The molecule has 0 saturated carbocycles. The van der Waals surface area contributed by atoms with Gasteiger partial charge in [0.1, 0.15) is 22.3 Å². The van der Waals surface area contributed by atoms with Crippen molar-refractivity contribution in [2.45, 2.75) is 10.8 Å². The molecular weight excluding hydrogens is 416 g/mol. The van der Waals surface area contributed by atoms with Crippen LogP contribution in [0, 0.1) is 0 Å². The molecule has 1 aromatic carbocycles. The zero-order valence-electron chi connectivity index (χ0n) is 17.8. The summed E-state index contributed by atoms with van der Waals surface area (Å²) in [7, 11) is 5.17. The molecule has 8 nitrogen and oxygen atoms in total. The number of carbonyl (C=O) groups is 1. The van der Waals surface area contributed by atoms with E-state index in [1.54, 1.807) is 74.0 Å². The number of pyridine rings is 2. The Hall–Kier alpha value is -3.46. The molecule has 0 radical (unpaired) electrons. The van der Waals surface area contributed by atoms with Crippen molar-refractivity contribution in [3.8, 4) is 11.5 Å². The van der Waals surface area contributed by atoms with Gasteiger partial charge < -0.3 is 19.7 Å². The Kier molecular flexibility index (Phi) is 7.19. The third-order valence-corrected chi connectivity index (χ3v) is 5.80. The molecule has 1 amide bonds. The van der Waals surface area contributed by atoms with Crippen molar-refractivity contribution < 1.29 is 18.5 Å². The number of aromatic nitrogens is 2. The van der Waals surface area contributed by atoms with E-state index < -0.39 is 16.7 Å². The number of carbonyl (C=O) groups excluding carboxylic acids is 1. The largest absolute Gasteiger partial charge is 0.497 e. The molecule has 162 valence electrons. The monoisotopic (exact) mass is 440 g/mol. The standard InChI is InChI=1S/C22H24N4O4S/c1-26(2)20-8-7-18(21(27)24-16-9-11-23-12-10-16)22(25-20)31(28)14-15-5-6-17(29-3)13-19(15)30-4/h5-13H,14H2,1-4H3,(H,23,24,27). The fraction of sp³-hybridized carbons (Fsp3) is 0.227. The van der Waals surface area contributed by atoms with E-state index in [1.807, 2.05) is 14.1 Å². The first-order valence-electron chi connectivity index (χ1n) is 9.42. The van der Waals surface area contributed by atoms with E-state index in [2.05, 4.69) is 15.3 Å². The molecule has 1 N–H and O–H groups in total. The van der Waals surface area contributed by atoms with Crippen molar-refractivity contribution >= 4 is 28.2 Å². The first kappa shape index (κ1) is 22.2. The van der Waals surface area contributed by atoms with Crippen LogP contribution < -0.4 is 19.7 Å². The van der Waals surface area contributed by atoms with Crippen LogP contribution in [0.5, 0.6) is 11.5 Å². The fourth-order valence-electron chi connectivity index (χ4n) is 2.84. The molecular formula is C22H24N4O4S. The summed E-state index contributed by atoms with van der Waals surface area (Å²) in [6, 6.07) is 12.0. The molecule has 0 fully saturated rings. The van der Waals surface area contributed by atoms with E-state index in [0.717, 1.165) is 5.56 Å². The maximum absolute atomic E-state index is 13.3. The Morgan fingerprint density at radius 2 is 1.81 bits per heavy atom. The van der Waals surface area contributed by atoms with Crippen LogP contribution in [0.3, 0.4) is 0 Å². The number of hydrogen-bond donors (Lipinski definition) is 1. The van der Waals surface area contributed by atoms with Gasteiger partial charge in [0.15, 0.2) is 0 Å². The molecule has 2 aromatic heterocycles. The van der Waals surface area contributed by atoms with Crippen molar-refractivity contribution in [3.63, 3.8) is 0 Å². The zero-order valence-corrected chi connectivity index (χ0v) is 18.6. The molecule has 0 saturated heterocycles. The van der Waals surface area contributed by atoms with Gasteiger partial charge in [-0.25, -0.2) is 4.98 Å². The Morgan fingerprint density at radius 3 is 2.45 bits per heavy atom. The van der Waals surface area contributed by atoms with E-state index in [0.29, 0.717) is 23.0 Å². The maximum atomic E-state index is 13.3. The molecule has 1 unspecified atom stereocenters. The molecule has 3 rings (SSSR count). The summed E-state index contributed by atoms with van der Waals surface area (Å²) in [5.74, 6) is 1.53. The lowest BCUT2D eigenvalue weighted by Crippen LogP contribution is -2.19. The summed E-state index contributed by atoms with van der Waals surface area (Å²) in [4.78, 5) is 23.2. The van der Waals surface area contributed by atoms with E-state index in [9.17, 15) is 9.00 Å². The second kappa shape index (κ2) is 10.0. The van der Waals surface area contributed by atoms with Gasteiger partial charge in [-0.2, -0.15) is 0 Å². The highest BCUT2D eigenvalue weighted by Crippen LogP contribution is 2.28. The van der Waals surface area contributed by atoms with Crippen molar-refractivity contribution in [2.24, 2.45) is 0 Å². The van der Waals surface area contributed by atoms with Crippen LogP contribution in [0.2, 0.25) is 0 Å². The van der Waals surface area contributed by atoms with E-state index in [1.165, 1.54) is 0 Å². The van der Waals surface area contributed by atoms with Gasteiger partial charge in [-0.05, 0) is 30.3 Å². The first-order chi connectivity index (χ1) is 14.9. The number of ether oxygens (including phenoxy) is 2. The van der Waals surface area contributed by atoms with Gasteiger partial charge in [-0.3, -0.25) is 14.0 Å². The molecule has 31 heavy (non-hydrogen) atoms. The lowest BCUT2D eigenvalue weighted by atomic mass is 10.2. The highest BCUT2D eigenvalue weighted by molar-refractivity contribution is 7.84. The van der Waals surface area contributed by atoms with Crippen LogP contribution in [-0.4, -0.2) is 48.4 Å². The number of hydrogen-bond acceptors (Lipinski definition) is 7. The summed E-state index contributed by atoms with van der Waals surface area (Å²) in [5.41, 5.74) is 1.55. The fourth-order valence-corrected chi connectivity index (χ4v) is 4.10. The minimum atomic E-state index is -1.60. The van der Waals surface area contributed by atoms with E-state index >= 15 is 0 Å². The SMILES string of the molecule is COc1ccc(CS(=O)c2nc(N(C)C)ccc2C(=O)Nc2ccncc2)c(OC)c1. The number of amides is 1. The quantitative estimate of drug-likeness (QED) is 0.575. The Balaban J connectivity index is 1.95. The van der Waals surface area contributed by atoms with Gasteiger partial charge in [-0.15, -0.1) is 0 Å². The third-order valence-electron chi connectivity index (χ3n) is 4.48. The maximum Gasteiger partial charge on any atom is 0.258 e.